The molecule has 1 aliphatic heterocycles. The summed E-state index contributed by atoms with van der Waals surface area (Å²) >= 11 is 0. The van der Waals surface area contributed by atoms with E-state index in [1.54, 1.807) is 18.2 Å². The first kappa shape index (κ1) is 18.5. The molecule has 1 saturated heterocycles. The van der Waals surface area contributed by atoms with Crippen molar-refractivity contribution in [1.29, 1.82) is 0 Å². The van der Waals surface area contributed by atoms with Gasteiger partial charge in [-0.3, -0.25) is 4.90 Å². The Morgan fingerprint density at radius 1 is 1.04 bits per heavy atom. The maximum atomic E-state index is 13.2. The first-order chi connectivity index (χ1) is 12.4. The standard InChI is InChI=1S/C19H20F3NO3/c20-19(21,22)16-10-15(14-2-1-3-17(24)11-14)12-18(13-16)26-9-6-23-4-7-25-8-5-23/h1-3,10-13,24H,4-9H2. The van der Waals surface area contributed by atoms with Gasteiger partial charge in [0.25, 0.3) is 0 Å². The van der Waals surface area contributed by atoms with Gasteiger partial charge in [0.15, 0.2) is 0 Å². The largest absolute Gasteiger partial charge is 0.508 e. The molecule has 1 aliphatic rings. The van der Waals surface area contributed by atoms with Crippen molar-refractivity contribution in [2.24, 2.45) is 0 Å². The minimum absolute atomic E-state index is 0.00491. The molecule has 0 radical (unpaired) electrons. The number of nitrogens with zero attached hydrogens (tertiary/aromatic N) is 1. The van der Waals surface area contributed by atoms with Gasteiger partial charge >= 0.3 is 6.18 Å². The second-order valence-corrected chi connectivity index (χ2v) is 6.10. The molecule has 0 aliphatic carbocycles. The predicted octanol–water partition coefficient (Wildman–Crippen LogP) is 3.79. The van der Waals surface area contributed by atoms with E-state index >= 15 is 0 Å². The fraction of sp³-hybridized carbons (Fsp3) is 0.368. The van der Waals surface area contributed by atoms with Gasteiger partial charge in [-0.2, -0.15) is 13.2 Å². The Morgan fingerprint density at radius 2 is 1.81 bits per heavy atom. The molecule has 26 heavy (non-hydrogen) atoms. The highest BCUT2D eigenvalue weighted by atomic mass is 19.4. The van der Waals surface area contributed by atoms with Crippen molar-refractivity contribution in [3.05, 3.63) is 48.0 Å². The summed E-state index contributed by atoms with van der Waals surface area (Å²) < 4.78 is 50.5. The van der Waals surface area contributed by atoms with Gasteiger partial charge in [0.1, 0.15) is 18.1 Å². The van der Waals surface area contributed by atoms with E-state index in [1.165, 1.54) is 12.1 Å². The quantitative estimate of drug-likeness (QED) is 0.873. The summed E-state index contributed by atoms with van der Waals surface area (Å²) in [5.74, 6) is 0.154. The smallest absolute Gasteiger partial charge is 0.416 e. The second-order valence-electron chi connectivity index (χ2n) is 6.10. The molecule has 3 rings (SSSR count). The van der Waals surface area contributed by atoms with E-state index in [4.69, 9.17) is 9.47 Å². The Kier molecular flexibility index (Phi) is 5.68. The number of hydrogen-bond acceptors (Lipinski definition) is 4. The molecule has 0 amide bonds. The van der Waals surface area contributed by atoms with Crippen LogP contribution in [-0.4, -0.2) is 49.5 Å². The first-order valence-corrected chi connectivity index (χ1v) is 8.36. The number of ether oxygens (including phenoxy) is 2. The summed E-state index contributed by atoms with van der Waals surface area (Å²) in [5, 5.41) is 9.59. The van der Waals surface area contributed by atoms with E-state index in [0.717, 1.165) is 25.2 Å². The highest BCUT2D eigenvalue weighted by molar-refractivity contribution is 5.67. The van der Waals surface area contributed by atoms with Crippen molar-refractivity contribution in [2.75, 3.05) is 39.5 Å². The van der Waals surface area contributed by atoms with Crippen LogP contribution in [0, 0.1) is 0 Å². The van der Waals surface area contributed by atoms with Gasteiger partial charge in [-0.05, 0) is 41.5 Å². The summed E-state index contributed by atoms with van der Waals surface area (Å²) in [5.41, 5.74) is 0.0611. The van der Waals surface area contributed by atoms with Gasteiger partial charge in [0.05, 0.1) is 18.8 Å². The third-order valence-corrected chi connectivity index (χ3v) is 4.19. The number of morpholine rings is 1. The molecule has 7 heteroatoms. The summed E-state index contributed by atoms with van der Waals surface area (Å²) in [7, 11) is 0. The molecule has 0 bridgehead atoms. The number of phenols is 1. The van der Waals surface area contributed by atoms with Crippen LogP contribution < -0.4 is 4.74 Å². The number of hydrogen-bond donors (Lipinski definition) is 1. The Bertz CT molecular complexity index is 743. The zero-order valence-corrected chi connectivity index (χ0v) is 14.1. The zero-order valence-electron chi connectivity index (χ0n) is 14.1. The van der Waals surface area contributed by atoms with E-state index in [9.17, 15) is 18.3 Å². The lowest BCUT2D eigenvalue weighted by Crippen LogP contribution is -2.38. The third kappa shape index (κ3) is 4.89. The minimum atomic E-state index is -4.48. The summed E-state index contributed by atoms with van der Waals surface area (Å²) in [6.07, 6.45) is -4.48. The molecule has 1 heterocycles. The molecular weight excluding hydrogens is 347 g/mol. The van der Waals surface area contributed by atoms with E-state index in [0.29, 0.717) is 37.5 Å². The molecule has 2 aromatic carbocycles. The molecule has 2 aromatic rings. The van der Waals surface area contributed by atoms with Crippen LogP contribution >= 0.6 is 0 Å². The normalized spacial score (nSPS) is 15.8. The monoisotopic (exact) mass is 367 g/mol. The van der Waals surface area contributed by atoms with Crippen molar-refractivity contribution < 1.29 is 27.8 Å². The van der Waals surface area contributed by atoms with E-state index in [-0.39, 0.29) is 11.5 Å². The van der Waals surface area contributed by atoms with Gasteiger partial charge in [0, 0.05) is 19.6 Å². The predicted molar refractivity (Wildman–Crippen MR) is 91.3 cm³/mol. The molecule has 0 unspecified atom stereocenters. The Balaban J connectivity index is 1.78. The molecule has 0 aromatic heterocycles. The van der Waals surface area contributed by atoms with E-state index in [1.807, 2.05) is 0 Å². The number of phenolic OH excluding ortho intramolecular Hbond substituents is 1. The van der Waals surface area contributed by atoms with Crippen LogP contribution in [0.25, 0.3) is 11.1 Å². The van der Waals surface area contributed by atoms with Crippen LogP contribution in [0.3, 0.4) is 0 Å². The number of halogens is 3. The van der Waals surface area contributed by atoms with Crippen molar-refractivity contribution in [2.45, 2.75) is 6.18 Å². The third-order valence-electron chi connectivity index (χ3n) is 4.19. The summed E-state index contributed by atoms with van der Waals surface area (Å²) in [6.45, 7) is 3.82. The molecule has 1 N–H and O–H groups in total. The van der Waals surface area contributed by atoms with Crippen molar-refractivity contribution >= 4 is 0 Å². The topological polar surface area (TPSA) is 41.9 Å². The lowest BCUT2D eigenvalue weighted by molar-refractivity contribution is -0.137. The van der Waals surface area contributed by atoms with E-state index < -0.39 is 11.7 Å². The van der Waals surface area contributed by atoms with Crippen LogP contribution in [0.1, 0.15) is 5.56 Å². The molecule has 0 saturated carbocycles. The maximum absolute atomic E-state index is 13.2. The maximum Gasteiger partial charge on any atom is 0.416 e. The van der Waals surface area contributed by atoms with Crippen LogP contribution in [0.5, 0.6) is 11.5 Å². The molecule has 0 spiro atoms. The Morgan fingerprint density at radius 3 is 2.50 bits per heavy atom. The highest BCUT2D eigenvalue weighted by Crippen LogP contribution is 2.36. The van der Waals surface area contributed by atoms with Crippen LogP contribution in [0.2, 0.25) is 0 Å². The molecule has 1 fully saturated rings. The van der Waals surface area contributed by atoms with Crippen molar-refractivity contribution in [3.63, 3.8) is 0 Å². The lowest BCUT2D eigenvalue weighted by atomic mass is 10.0. The van der Waals surface area contributed by atoms with Gasteiger partial charge in [0.2, 0.25) is 0 Å². The average Bonchev–Trinajstić information content (AvgIpc) is 2.62. The van der Waals surface area contributed by atoms with Gasteiger partial charge in [-0.25, -0.2) is 0 Å². The first-order valence-electron chi connectivity index (χ1n) is 8.36. The van der Waals surface area contributed by atoms with E-state index in [2.05, 4.69) is 4.90 Å². The molecular formula is C19H20F3NO3. The second kappa shape index (κ2) is 7.97. The van der Waals surface area contributed by atoms with Gasteiger partial charge in [-0.1, -0.05) is 12.1 Å². The SMILES string of the molecule is Oc1cccc(-c2cc(OCCN3CCOCC3)cc(C(F)(F)F)c2)c1. The summed E-state index contributed by atoms with van der Waals surface area (Å²) in [6, 6.07) is 9.75. The van der Waals surface area contributed by atoms with Crippen LogP contribution in [0.15, 0.2) is 42.5 Å². The number of alkyl halides is 3. The molecule has 4 nitrogen and oxygen atoms in total. The molecule has 0 atom stereocenters. The fourth-order valence-corrected chi connectivity index (χ4v) is 2.82. The van der Waals surface area contributed by atoms with Gasteiger partial charge in [-0.15, -0.1) is 0 Å². The number of aromatic hydroxyl groups is 1. The van der Waals surface area contributed by atoms with Crippen LogP contribution in [0.4, 0.5) is 13.2 Å². The Labute approximate surface area is 149 Å². The van der Waals surface area contributed by atoms with Crippen molar-refractivity contribution in [3.8, 4) is 22.6 Å². The lowest BCUT2D eigenvalue weighted by Gasteiger charge is -2.26. The Hall–Kier alpha value is -2.25. The molecule has 140 valence electrons. The summed E-state index contributed by atoms with van der Waals surface area (Å²) in [4.78, 5) is 2.15. The van der Waals surface area contributed by atoms with Crippen LogP contribution in [-0.2, 0) is 10.9 Å². The number of rotatable bonds is 5. The van der Waals surface area contributed by atoms with Crippen molar-refractivity contribution in [1.82, 2.24) is 4.90 Å². The highest BCUT2D eigenvalue weighted by Gasteiger charge is 2.31. The zero-order chi connectivity index (χ0) is 18.6. The van der Waals surface area contributed by atoms with Gasteiger partial charge < -0.3 is 14.6 Å². The minimum Gasteiger partial charge on any atom is -0.508 e. The average molecular weight is 367 g/mol. The number of benzene rings is 2. The fourth-order valence-electron chi connectivity index (χ4n) is 2.82.